The van der Waals surface area contributed by atoms with Gasteiger partial charge in [-0.25, -0.2) is 4.98 Å². The summed E-state index contributed by atoms with van der Waals surface area (Å²) in [4.78, 5) is 7.32. The lowest BCUT2D eigenvalue weighted by Crippen LogP contribution is -2.21. The van der Waals surface area contributed by atoms with Crippen LogP contribution < -0.4 is 5.32 Å². The second kappa shape index (κ2) is 6.90. The topological polar surface area (TPSA) is 40.7 Å². The van der Waals surface area contributed by atoms with Crippen molar-refractivity contribution < 1.29 is 0 Å². The summed E-state index contributed by atoms with van der Waals surface area (Å²) in [5, 5.41) is 3.44. The van der Waals surface area contributed by atoms with Gasteiger partial charge in [-0.2, -0.15) is 11.8 Å². The molecule has 0 aromatic carbocycles. The first-order valence-corrected chi connectivity index (χ1v) is 6.30. The molecule has 80 valence electrons. The molecule has 2 N–H and O–H groups in total. The molecular weight excluding hydrogens is 194 g/mol. The maximum Gasteiger partial charge on any atom is 0.122 e. The predicted octanol–water partition coefficient (Wildman–Crippen LogP) is 2.20. The highest BCUT2D eigenvalue weighted by Crippen LogP contribution is 2.05. The van der Waals surface area contributed by atoms with Crippen molar-refractivity contribution in [3.8, 4) is 0 Å². The Labute approximate surface area is 90.1 Å². The van der Waals surface area contributed by atoms with Crippen molar-refractivity contribution in [2.75, 3.05) is 18.1 Å². The van der Waals surface area contributed by atoms with E-state index in [4.69, 9.17) is 0 Å². The fourth-order valence-corrected chi connectivity index (χ4v) is 1.89. The fourth-order valence-electron chi connectivity index (χ4n) is 1.25. The Morgan fingerprint density at radius 2 is 2.50 bits per heavy atom. The van der Waals surface area contributed by atoms with Gasteiger partial charge in [0.05, 0.1) is 6.04 Å². The van der Waals surface area contributed by atoms with Gasteiger partial charge >= 0.3 is 0 Å². The van der Waals surface area contributed by atoms with Crippen LogP contribution in [0.15, 0.2) is 12.4 Å². The molecule has 1 unspecified atom stereocenters. The quantitative estimate of drug-likeness (QED) is 0.682. The first-order chi connectivity index (χ1) is 6.84. The molecule has 3 nitrogen and oxygen atoms in total. The van der Waals surface area contributed by atoms with Crippen LogP contribution in [0.25, 0.3) is 0 Å². The fraction of sp³-hybridized carbons (Fsp3) is 0.700. The van der Waals surface area contributed by atoms with E-state index >= 15 is 0 Å². The first kappa shape index (κ1) is 11.6. The molecule has 1 rings (SSSR count). The van der Waals surface area contributed by atoms with E-state index in [2.05, 4.69) is 29.1 Å². The Balaban J connectivity index is 2.07. The largest absolute Gasteiger partial charge is 0.347 e. The highest BCUT2D eigenvalue weighted by atomic mass is 32.2. The average Bonchev–Trinajstić information content (AvgIpc) is 2.70. The van der Waals surface area contributed by atoms with Gasteiger partial charge in [-0.3, -0.25) is 0 Å². The minimum absolute atomic E-state index is 0.330. The number of imidazole rings is 1. The van der Waals surface area contributed by atoms with Gasteiger partial charge < -0.3 is 10.3 Å². The first-order valence-electron chi connectivity index (χ1n) is 5.15. The summed E-state index contributed by atoms with van der Waals surface area (Å²) in [5.74, 6) is 3.48. The maximum absolute atomic E-state index is 4.21. The average molecular weight is 213 g/mol. The molecule has 14 heavy (non-hydrogen) atoms. The third kappa shape index (κ3) is 4.15. The normalized spacial score (nSPS) is 13.0. The zero-order valence-electron chi connectivity index (χ0n) is 8.92. The van der Waals surface area contributed by atoms with E-state index in [-0.39, 0.29) is 0 Å². The van der Waals surface area contributed by atoms with Gasteiger partial charge in [-0.1, -0.05) is 6.92 Å². The molecule has 0 aliphatic heterocycles. The summed E-state index contributed by atoms with van der Waals surface area (Å²) in [6.07, 6.45) is 4.88. The minimum atomic E-state index is 0.330. The third-order valence-electron chi connectivity index (χ3n) is 2.05. The Hall–Kier alpha value is -0.480. The zero-order chi connectivity index (χ0) is 10.2. The molecule has 0 spiro atoms. The van der Waals surface area contributed by atoms with E-state index in [1.165, 1.54) is 17.9 Å². The van der Waals surface area contributed by atoms with Crippen LogP contribution in [0.3, 0.4) is 0 Å². The van der Waals surface area contributed by atoms with Gasteiger partial charge in [0.2, 0.25) is 0 Å². The standard InChI is InChI=1S/C10H19N3S/c1-3-14-8-4-5-11-9(2)10-12-6-7-13-10/h6-7,9,11H,3-5,8H2,1-2H3,(H,12,13). The van der Waals surface area contributed by atoms with Gasteiger partial charge in [0.25, 0.3) is 0 Å². The number of rotatable bonds is 7. The van der Waals surface area contributed by atoms with Crippen LogP contribution in [0.2, 0.25) is 0 Å². The monoisotopic (exact) mass is 213 g/mol. The Kier molecular flexibility index (Phi) is 5.71. The van der Waals surface area contributed by atoms with Crippen LogP contribution in [0.5, 0.6) is 0 Å². The number of H-pyrrole nitrogens is 1. The molecule has 0 saturated heterocycles. The molecule has 0 radical (unpaired) electrons. The van der Waals surface area contributed by atoms with Crippen LogP contribution in [0.4, 0.5) is 0 Å². The van der Waals surface area contributed by atoms with Crippen molar-refractivity contribution >= 4 is 11.8 Å². The molecule has 0 bridgehead atoms. The second-order valence-electron chi connectivity index (χ2n) is 3.20. The van der Waals surface area contributed by atoms with Crippen molar-refractivity contribution in [1.29, 1.82) is 0 Å². The van der Waals surface area contributed by atoms with Crippen molar-refractivity contribution in [2.24, 2.45) is 0 Å². The molecule has 0 fully saturated rings. The molecular formula is C10H19N3S. The highest BCUT2D eigenvalue weighted by molar-refractivity contribution is 7.99. The molecule has 0 aliphatic rings. The van der Waals surface area contributed by atoms with E-state index in [9.17, 15) is 0 Å². The summed E-state index contributed by atoms with van der Waals surface area (Å²) >= 11 is 1.99. The number of aromatic nitrogens is 2. The lowest BCUT2D eigenvalue weighted by molar-refractivity contribution is 0.550. The number of aromatic amines is 1. The van der Waals surface area contributed by atoms with E-state index in [0.29, 0.717) is 6.04 Å². The molecule has 0 aliphatic carbocycles. The molecule has 4 heteroatoms. The van der Waals surface area contributed by atoms with Crippen molar-refractivity contribution in [3.05, 3.63) is 18.2 Å². The SMILES string of the molecule is CCSCCCNC(C)c1ncc[nH]1. The highest BCUT2D eigenvalue weighted by Gasteiger charge is 2.04. The molecule has 1 aromatic heterocycles. The summed E-state index contributed by atoms with van der Waals surface area (Å²) in [6, 6.07) is 0.330. The van der Waals surface area contributed by atoms with E-state index < -0.39 is 0 Å². The third-order valence-corrected chi connectivity index (χ3v) is 3.04. The molecule has 1 atom stereocenters. The van der Waals surface area contributed by atoms with Crippen molar-refractivity contribution in [1.82, 2.24) is 15.3 Å². The van der Waals surface area contributed by atoms with Gasteiger partial charge in [-0.05, 0) is 31.4 Å². The van der Waals surface area contributed by atoms with Crippen LogP contribution in [-0.4, -0.2) is 28.0 Å². The summed E-state index contributed by atoms with van der Waals surface area (Å²) in [7, 11) is 0. The number of hydrogen-bond donors (Lipinski definition) is 2. The summed E-state index contributed by atoms with van der Waals surface area (Å²) in [6.45, 7) is 5.39. The smallest absolute Gasteiger partial charge is 0.122 e. The Morgan fingerprint density at radius 1 is 1.64 bits per heavy atom. The second-order valence-corrected chi connectivity index (χ2v) is 4.59. The van der Waals surface area contributed by atoms with Crippen LogP contribution in [0, 0.1) is 0 Å². The molecule has 0 amide bonds. The van der Waals surface area contributed by atoms with Crippen LogP contribution in [0.1, 0.15) is 32.1 Å². The lowest BCUT2D eigenvalue weighted by atomic mass is 10.3. The minimum Gasteiger partial charge on any atom is -0.347 e. The number of thioether (sulfide) groups is 1. The van der Waals surface area contributed by atoms with E-state index in [0.717, 1.165) is 12.4 Å². The Morgan fingerprint density at radius 3 is 3.14 bits per heavy atom. The van der Waals surface area contributed by atoms with Crippen molar-refractivity contribution in [2.45, 2.75) is 26.3 Å². The van der Waals surface area contributed by atoms with Gasteiger partial charge in [0, 0.05) is 12.4 Å². The van der Waals surface area contributed by atoms with Gasteiger partial charge in [-0.15, -0.1) is 0 Å². The van der Waals surface area contributed by atoms with Crippen LogP contribution in [-0.2, 0) is 0 Å². The molecule has 1 heterocycles. The predicted molar refractivity (Wildman–Crippen MR) is 62.6 cm³/mol. The zero-order valence-corrected chi connectivity index (χ0v) is 9.73. The maximum atomic E-state index is 4.21. The van der Waals surface area contributed by atoms with Gasteiger partial charge in [0.1, 0.15) is 5.82 Å². The lowest BCUT2D eigenvalue weighted by Gasteiger charge is -2.10. The number of nitrogens with zero attached hydrogens (tertiary/aromatic N) is 1. The van der Waals surface area contributed by atoms with E-state index in [1.54, 1.807) is 6.20 Å². The Bertz CT molecular complexity index is 223. The summed E-state index contributed by atoms with van der Waals surface area (Å²) in [5.41, 5.74) is 0. The number of hydrogen-bond acceptors (Lipinski definition) is 3. The van der Waals surface area contributed by atoms with E-state index in [1.807, 2.05) is 18.0 Å². The summed E-state index contributed by atoms with van der Waals surface area (Å²) < 4.78 is 0. The number of nitrogens with one attached hydrogen (secondary N) is 2. The molecule has 1 aromatic rings. The molecule has 0 saturated carbocycles. The van der Waals surface area contributed by atoms with Crippen molar-refractivity contribution in [3.63, 3.8) is 0 Å². The van der Waals surface area contributed by atoms with Crippen LogP contribution >= 0.6 is 11.8 Å². The van der Waals surface area contributed by atoms with Gasteiger partial charge in [0.15, 0.2) is 0 Å².